The van der Waals surface area contributed by atoms with Crippen LogP contribution in [0.5, 0.6) is 11.6 Å². The van der Waals surface area contributed by atoms with Gasteiger partial charge in [-0.25, -0.2) is 13.8 Å². The molecule has 0 spiro atoms. The van der Waals surface area contributed by atoms with Gasteiger partial charge in [-0.05, 0) is 37.4 Å². The number of hydrogen-bond acceptors (Lipinski definition) is 4. The summed E-state index contributed by atoms with van der Waals surface area (Å²) >= 11 is 1.23. The molecule has 0 aliphatic rings. The van der Waals surface area contributed by atoms with E-state index in [2.05, 4.69) is 4.98 Å². The molecule has 1 aromatic heterocycles. The van der Waals surface area contributed by atoms with Crippen molar-refractivity contribution >= 4 is 17.5 Å². The molecule has 1 aromatic carbocycles. The Kier molecular flexibility index (Phi) is 4.34. The average Bonchev–Trinajstić information content (AvgIpc) is 2.42. The van der Waals surface area contributed by atoms with Gasteiger partial charge in [-0.3, -0.25) is 4.79 Å². The molecule has 0 amide bonds. The number of thioether (sulfide) groups is 1. The van der Waals surface area contributed by atoms with Gasteiger partial charge in [-0.1, -0.05) is 0 Å². The van der Waals surface area contributed by atoms with Crippen LogP contribution in [0.15, 0.2) is 35.4 Å². The maximum Gasteiger partial charge on any atom is 0.230 e. The SMILES string of the molecule is CSc1cc(Oc2ncc(F)cc2C(C)=O)ccc1F. The molecule has 0 fully saturated rings. The Labute approximate surface area is 119 Å². The third-order valence-electron chi connectivity index (χ3n) is 2.53. The zero-order valence-corrected chi connectivity index (χ0v) is 11.6. The number of Topliss-reactive ketones (excluding diaryl/α,β-unsaturated/α-hetero) is 1. The number of carbonyl (C=O) groups excluding carboxylic acids is 1. The molecule has 0 radical (unpaired) electrons. The lowest BCUT2D eigenvalue weighted by molar-refractivity contribution is 0.101. The van der Waals surface area contributed by atoms with Gasteiger partial charge in [0.25, 0.3) is 0 Å². The molecule has 0 unspecified atom stereocenters. The second kappa shape index (κ2) is 6.00. The molecule has 0 aliphatic carbocycles. The molecular formula is C14H11F2NO2S. The molecule has 2 rings (SSSR count). The predicted molar refractivity (Wildman–Crippen MR) is 72.5 cm³/mol. The molecule has 6 heteroatoms. The van der Waals surface area contributed by atoms with Gasteiger partial charge in [-0.2, -0.15) is 0 Å². The quantitative estimate of drug-likeness (QED) is 0.629. The summed E-state index contributed by atoms with van der Waals surface area (Å²) in [6.45, 7) is 1.29. The van der Waals surface area contributed by atoms with Crippen LogP contribution in [0.25, 0.3) is 0 Å². The van der Waals surface area contributed by atoms with Crippen molar-refractivity contribution in [2.24, 2.45) is 0 Å². The van der Waals surface area contributed by atoms with Crippen LogP contribution in [-0.2, 0) is 0 Å². The molecular weight excluding hydrogens is 284 g/mol. The van der Waals surface area contributed by atoms with E-state index in [1.54, 1.807) is 6.26 Å². The Morgan fingerprint density at radius 2 is 2.05 bits per heavy atom. The molecule has 0 bridgehead atoms. The Morgan fingerprint density at radius 3 is 2.70 bits per heavy atom. The molecule has 104 valence electrons. The minimum atomic E-state index is -0.619. The maximum absolute atomic E-state index is 13.4. The highest BCUT2D eigenvalue weighted by atomic mass is 32.2. The fourth-order valence-corrected chi connectivity index (χ4v) is 2.07. The van der Waals surface area contributed by atoms with Gasteiger partial charge in [0.05, 0.1) is 11.8 Å². The summed E-state index contributed by atoms with van der Waals surface area (Å²) in [5.74, 6) is -1.01. The number of ketones is 1. The van der Waals surface area contributed by atoms with Crippen molar-refractivity contribution < 1.29 is 18.3 Å². The second-order valence-corrected chi connectivity index (χ2v) is 4.81. The molecule has 3 nitrogen and oxygen atoms in total. The van der Waals surface area contributed by atoms with E-state index in [1.165, 1.54) is 36.9 Å². The highest BCUT2D eigenvalue weighted by Crippen LogP contribution is 2.29. The van der Waals surface area contributed by atoms with Gasteiger partial charge in [0.1, 0.15) is 17.4 Å². The summed E-state index contributed by atoms with van der Waals surface area (Å²) in [5, 5.41) is 0. The van der Waals surface area contributed by atoms with Gasteiger partial charge < -0.3 is 4.74 Å². The van der Waals surface area contributed by atoms with Crippen LogP contribution >= 0.6 is 11.8 Å². The average molecular weight is 295 g/mol. The van der Waals surface area contributed by atoms with Crippen molar-refractivity contribution in [3.05, 3.63) is 47.7 Å². The highest BCUT2D eigenvalue weighted by molar-refractivity contribution is 7.98. The minimum Gasteiger partial charge on any atom is -0.438 e. The Morgan fingerprint density at radius 1 is 1.30 bits per heavy atom. The summed E-state index contributed by atoms with van der Waals surface area (Å²) in [6.07, 6.45) is 2.69. The van der Waals surface area contributed by atoms with E-state index in [0.29, 0.717) is 10.6 Å². The van der Waals surface area contributed by atoms with E-state index in [9.17, 15) is 13.6 Å². The Hall–Kier alpha value is -1.95. The third-order valence-corrected chi connectivity index (χ3v) is 3.29. The first-order valence-electron chi connectivity index (χ1n) is 5.69. The standard InChI is InChI=1S/C14H11F2NO2S/c1-8(18)11-5-9(15)7-17-14(11)19-10-3-4-12(16)13(6-10)20-2/h3-7H,1-2H3. The first kappa shape index (κ1) is 14.5. The van der Waals surface area contributed by atoms with Crippen LogP contribution in [0.2, 0.25) is 0 Å². The number of benzene rings is 1. The van der Waals surface area contributed by atoms with Gasteiger partial charge in [-0.15, -0.1) is 11.8 Å². The van der Waals surface area contributed by atoms with Crippen LogP contribution in [-0.4, -0.2) is 17.0 Å². The summed E-state index contributed by atoms with van der Waals surface area (Å²) in [7, 11) is 0. The van der Waals surface area contributed by atoms with Gasteiger partial charge in [0, 0.05) is 4.90 Å². The van der Waals surface area contributed by atoms with E-state index in [1.807, 2.05) is 0 Å². The van der Waals surface area contributed by atoms with Crippen molar-refractivity contribution in [1.82, 2.24) is 4.98 Å². The fraction of sp³-hybridized carbons (Fsp3) is 0.143. The van der Waals surface area contributed by atoms with Gasteiger partial charge in [0.2, 0.25) is 5.88 Å². The highest BCUT2D eigenvalue weighted by Gasteiger charge is 2.13. The summed E-state index contributed by atoms with van der Waals surface area (Å²) in [4.78, 5) is 15.6. The number of rotatable bonds is 4. The number of carbonyl (C=O) groups is 1. The Bertz CT molecular complexity index is 662. The smallest absolute Gasteiger partial charge is 0.230 e. The van der Waals surface area contributed by atoms with Crippen molar-refractivity contribution in [1.29, 1.82) is 0 Å². The zero-order valence-electron chi connectivity index (χ0n) is 10.8. The second-order valence-electron chi connectivity index (χ2n) is 3.96. The lowest BCUT2D eigenvalue weighted by atomic mass is 10.2. The predicted octanol–water partition coefficient (Wildman–Crippen LogP) is 4.08. The molecule has 0 aliphatic heterocycles. The van der Waals surface area contributed by atoms with Crippen molar-refractivity contribution in [3.63, 3.8) is 0 Å². The molecule has 0 N–H and O–H groups in total. The largest absolute Gasteiger partial charge is 0.438 e. The normalized spacial score (nSPS) is 10.4. The van der Waals surface area contributed by atoms with Crippen molar-refractivity contribution in [2.75, 3.05) is 6.26 Å². The minimum absolute atomic E-state index is 0.00226. The summed E-state index contributed by atoms with van der Waals surface area (Å²) < 4.78 is 31.9. The van der Waals surface area contributed by atoms with Crippen LogP contribution < -0.4 is 4.74 Å². The van der Waals surface area contributed by atoms with Gasteiger partial charge >= 0.3 is 0 Å². The third kappa shape index (κ3) is 3.14. The molecule has 0 saturated heterocycles. The fourth-order valence-electron chi connectivity index (χ4n) is 1.58. The van der Waals surface area contributed by atoms with Crippen LogP contribution in [0.1, 0.15) is 17.3 Å². The summed E-state index contributed by atoms with van der Waals surface area (Å²) in [5.41, 5.74) is 0.0417. The number of pyridine rings is 1. The zero-order chi connectivity index (χ0) is 14.7. The van der Waals surface area contributed by atoms with E-state index < -0.39 is 5.82 Å². The van der Waals surface area contributed by atoms with E-state index >= 15 is 0 Å². The molecule has 0 atom stereocenters. The number of ether oxygens (including phenoxy) is 1. The monoisotopic (exact) mass is 295 g/mol. The number of halogens is 2. The number of aromatic nitrogens is 1. The van der Waals surface area contributed by atoms with E-state index in [0.717, 1.165) is 12.3 Å². The number of nitrogens with zero attached hydrogens (tertiary/aromatic N) is 1. The molecule has 2 aromatic rings. The van der Waals surface area contributed by atoms with E-state index in [-0.39, 0.29) is 23.0 Å². The summed E-state index contributed by atoms with van der Waals surface area (Å²) in [6, 6.07) is 5.24. The Balaban J connectivity index is 2.37. The molecule has 0 saturated carbocycles. The van der Waals surface area contributed by atoms with Gasteiger partial charge in [0.15, 0.2) is 5.78 Å². The molecule has 1 heterocycles. The lowest BCUT2D eigenvalue weighted by Gasteiger charge is -2.09. The first-order valence-corrected chi connectivity index (χ1v) is 6.91. The van der Waals surface area contributed by atoms with Crippen molar-refractivity contribution in [3.8, 4) is 11.6 Å². The van der Waals surface area contributed by atoms with Crippen molar-refractivity contribution in [2.45, 2.75) is 11.8 Å². The first-order chi connectivity index (χ1) is 9.51. The topological polar surface area (TPSA) is 39.2 Å². The maximum atomic E-state index is 13.4. The van der Waals surface area contributed by atoms with E-state index in [4.69, 9.17) is 4.74 Å². The van der Waals surface area contributed by atoms with Crippen LogP contribution in [0, 0.1) is 11.6 Å². The number of hydrogen-bond donors (Lipinski definition) is 0. The lowest BCUT2D eigenvalue weighted by Crippen LogP contribution is -2.00. The van der Waals surface area contributed by atoms with Crippen LogP contribution in [0.4, 0.5) is 8.78 Å². The van der Waals surface area contributed by atoms with Crippen LogP contribution in [0.3, 0.4) is 0 Å². The molecule has 20 heavy (non-hydrogen) atoms.